The molecule has 146 valence electrons. The molecule has 0 aliphatic carbocycles. The van der Waals surface area contributed by atoms with Gasteiger partial charge >= 0.3 is 5.97 Å². The summed E-state index contributed by atoms with van der Waals surface area (Å²) in [5.74, 6) is -0.946. The molecule has 3 rings (SSSR count). The Morgan fingerprint density at radius 1 is 0.897 bits per heavy atom. The van der Waals surface area contributed by atoms with Crippen LogP contribution in [-0.2, 0) is 14.3 Å². The summed E-state index contributed by atoms with van der Waals surface area (Å²) >= 11 is 0. The van der Waals surface area contributed by atoms with Crippen molar-refractivity contribution in [1.29, 1.82) is 0 Å². The van der Waals surface area contributed by atoms with Crippen LogP contribution in [-0.4, -0.2) is 18.0 Å². The molecular formula is C25H23NO3. The number of aryl methyl sites for hydroxylation is 1. The van der Waals surface area contributed by atoms with Crippen LogP contribution in [0.15, 0.2) is 84.9 Å². The first-order valence-corrected chi connectivity index (χ1v) is 9.44. The number of carbonyl (C=O) groups excluding carboxylic acids is 2. The molecule has 0 saturated heterocycles. The van der Waals surface area contributed by atoms with Crippen molar-refractivity contribution < 1.29 is 14.3 Å². The molecule has 0 spiro atoms. The lowest BCUT2D eigenvalue weighted by molar-refractivity contribution is -0.148. The highest BCUT2D eigenvalue weighted by atomic mass is 16.5. The van der Waals surface area contributed by atoms with E-state index in [9.17, 15) is 9.59 Å². The maximum Gasteiger partial charge on any atom is 0.331 e. The molecule has 0 aromatic heterocycles. The molecule has 29 heavy (non-hydrogen) atoms. The van der Waals surface area contributed by atoms with E-state index in [0.29, 0.717) is 5.69 Å². The molecule has 4 nitrogen and oxygen atoms in total. The van der Waals surface area contributed by atoms with Crippen molar-refractivity contribution in [3.05, 3.63) is 96.1 Å². The number of anilines is 1. The van der Waals surface area contributed by atoms with Crippen molar-refractivity contribution in [2.45, 2.75) is 20.0 Å². The zero-order valence-corrected chi connectivity index (χ0v) is 16.5. The summed E-state index contributed by atoms with van der Waals surface area (Å²) < 4.78 is 5.25. The second-order valence-electron chi connectivity index (χ2n) is 6.67. The summed E-state index contributed by atoms with van der Waals surface area (Å²) in [4.78, 5) is 24.6. The van der Waals surface area contributed by atoms with E-state index in [1.54, 1.807) is 13.0 Å². The number of carbonyl (C=O) groups is 2. The van der Waals surface area contributed by atoms with Gasteiger partial charge in [0.1, 0.15) is 0 Å². The van der Waals surface area contributed by atoms with Gasteiger partial charge in [0.15, 0.2) is 6.10 Å². The largest absolute Gasteiger partial charge is 0.449 e. The first-order valence-electron chi connectivity index (χ1n) is 9.44. The molecule has 4 heteroatoms. The monoisotopic (exact) mass is 385 g/mol. The Labute approximate surface area is 170 Å². The first-order chi connectivity index (χ1) is 14.0. The molecule has 3 aromatic carbocycles. The molecular weight excluding hydrogens is 362 g/mol. The fourth-order valence-electron chi connectivity index (χ4n) is 2.89. The summed E-state index contributed by atoms with van der Waals surface area (Å²) in [6, 6.07) is 25.0. The molecule has 0 heterocycles. The van der Waals surface area contributed by atoms with Gasteiger partial charge in [-0.25, -0.2) is 4.79 Å². The standard InChI is InChI=1S/C25H23NO3/c1-18-10-6-7-11-20(18)16-17-24(27)29-19(2)25(28)26-23-15-9-8-14-22(23)21-12-4-3-5-13-21/h3-17,19H,1-2H3,(H,26,28)/b17-16+/t19-/m0/s1. The van der Waals surface area contributed by atoms with Crippen LogP contribution in [0.4, 0.5) is 5.69 Å². The van der Waals surface area contributed by atoms with Crippen LogP contribution >= 0.6 is 0 Å². The van der Waals surface area contributed by atoms with Gasteiger partial charge in [-0.3, -0.25) is 4.79 Å². The Morgan fingerprint density at radius 3 is 2.31 bits per heavy atom. The van der Waals surface area contributed by atoms with E-state index in [2.05, 4.69) is 5.32 Å². The van der Waals surface area contributed by atoms with Crippen molar-refractivity contribution in [2.24, 2.45) is 0 Å². The van der Waals surface area contributed by atoms with E-state index in [1.807, 2.05) is 85.8 Å². The lowest BCUT2D eigenvalue weighted by atomic mass is 10.0. The highest BCUT2D eigenvalue weighted by Gasteiger charge is 2.18. The van der Waals surface area contributed by atoms with Crippen molar-refractivity contribution in [1.82, 2.24) is 0 Å². The number of rotatable bonds is 6. The number of hydrogen-bond acceptors (Lipinski definition) is 3. The first kappa shape index (κ1) is 20.1. The molecule has 0 bridgehead atoms. The third kappa shape index (κ3) is 5.42. The second kappa shape index (κ2) is 9.51. The van der Waals surface area contributed by atoms with E-state index >= 15 is 0 Å². The average Bonchev–Trinajstić information content (AvgIpc) is 2.74. The minimum Gasteiger partial charge on any atom is -0.449 e. The number of ether oxygens (including phenoxy) is 1. The van der Waals surface area contributed by atoms with Gasteiger partial charge in [-0.15, -0.1) is 0 Å². The molecule has 0 fully saturated rings. The summed E-state index contributed by atoms with van der Waals surface area (Å²) in [7, 11) is 0. The molecule has 3 aromatic rings. The number of esters is 1. The maximum absolute atomic E-state index is 12.5. The van der Waals surface area contributed by atoms with Crippen LogP contribution in [0.3, 0.4) is 0 Å². The van der Waals surface area contributed by atoms with Crippen LogP contribution in [0.25, 0.3) is 17.2 Å². The van der Waals surface area contributed by atoms with Crippen molar-refractivity contribution in [2.75, 3.05) is 5.32 Å². The van der Waals surface area contributed by atoms with Crippen molar-refractivity contribution >= 4 is 23.6 Å². The highest BCUT2D eigenvalue weighted by Crippen LogP contribution is 2.27. The SMILES string of the molecule is Cc1ccccc1/C=C/C(=O)O[C@@H](C)C(=O)Nc1ccccc1-c1ccccc1. The zero-order valence-electron chi connectivity index (χ0n) is 16.5. The average molecular weight is 385 g/mol. The smallest absolute Gasteiger partial charge is 0.331 e. The lowest BCUT2D eigenvalue weighted by Gasteiger charge is -2.15. The van der Waals surface area contributed by atoms with Crippen LogP contribution in [0.2, 0.25) is 0 Å². The van der Waals surface area contributed by atoms with Gasteiger partial charge in [-0.2, -0.15) is 0 Å². The van der Waals surface area contributed by atoms with E-state index < -0.39 is 12.1 Å². The quantitative estimate of drug-likeness (QED) is 0.466. The molecule has 0 aliphatic heterocycles. The van der Waals surface area contributed by atoms with Gasteiger partial charge in [0, 0.05) is 17.3 Å². The molecule has 0 aliphatic rings. The molecule has 0 unspecified atom stereocenters. The van der Waals surface area contributed by atoms with Gasteiger partial charge < -0.3 is 10.1 Å². The maximum atomic E-state index is 12.5. The molecule has 1 atom stereocenters. The third-order valence-corrected chi connectivity index (χ3v) is 4.52. The Kier molecular flexibility index (Phi) is 6.59. The molecule has 1 amide bonds. The predicted molar refractivity (Wildman–Crippen MR) is 116 cm³/mol. The van der Waals surface area contributed by atoms with Crippen molar-refractivity contribution in [3.8, 4) is 11.1 Å². The van der Waals surface area contributed by atoms with Gasteiger partial charge in [0.25, 0.3) is 5.91 Å². The minimum atomic E-state index is -0.923. The van der Waals surface area contributed by atoms with E-state index in [1.165, 1.54) is 6.08 Å². The Balaban J connectivity index is 1.64. The zero-order chi connectivity index (χ0) is 20.6. The fourth-order valence-corrected chi connectivity index (χ4v) is 2.89. The third-order valence-electron chi connectivity index (χ3n) is 4.52. The number of benzene rings is 3. The number of hydrogen-bond donors (Lipinski definition) is 1. The van der Waals surface area contributed by atoms with Crippen LogP contribution in [0, 0.1) is 6.92 Å². The summed E-state index contributed by atoms with van der Waals surface area (Å²) in [5.41, 5.74) is 4.55. The Bertz CT molecular complexity index is 1030. The topological polar surface area (TPSA) is 55.4 Å². The minimum absolute atomic E-state index is 0.383. The fraction of sp³-hybridized carbons (Fsp3) is 0.120. The summed E-state index contributed by atoms with van der Waals surface area (Å²) in [6.07, 6.45) is 2.10. The van der Waals surface area contributed by atoms with E-state index in [-0.39, 0.29) is 5.91 Å². The normalized spacial score (nSPS) is 11.8. The van der Waals surface area contributed by atoms with Gasteiger partial charge in [0.05, 0.1) is 0 Å². The number of para-hydroxylation sites is 1. The van der Waals surface area contributed by atoms with Crippen LogP contribution in [0.1, 0.15) is 18.1 Å². The van der Waals surface area contributed by atoms with Gasteiger partial charge in [-0.1, -0.05) is 72.8 Å². The Hall–Kier alpha value is -3.66. The van der Waals surface area contributed by atoms with E-state index in [4.69, 9.17) is 4.74 Å². The summed E-state index contributed by atoms with van der Waals surface area (Å²) in [5, 5.41) is 2.86. The van der Waals surface area contributed by atoms with Crippen molar-refractivity contribution in [3.63, 3.8) is 0 Å². The molecule has 1 N–H and O–H groups in total. The highest BCUT2D eigenvalue weighted by molar-refractivity contribution is 5.99. The number of nitrogens with one attached hydrogen (secondary N) is 1. The number of amides is 1. The molecule has 0 saturated carbocycles. The Morgan fingerprint density at radius 2 is 1.55 bits per heavy atom. The molecule has 0 radical (unpaired) electrons. The predicted octanol–water partition coefficient (Wildman–Crippen LogP) is 5.25. The lowest BCUT2D eigenvalue weighted by Crippen LogP contribution is -2.29. The van der Waals surface area contributed by atoms with Gasteiger partial charge in [-0.05, 0) is 42.7 Å². The van der Waals surface area contributed by atoms with Crippen LogP contribution in [0.5, 0.6) is 0 Å². The second-order valence-corrected chi connectivity index (χ2v) is 6.67. The summed E-state index contributed by atoms with van der Waals surface area (Å²) in [6.45, 7) is 3.52. The van der Waals surface area contributed by atoms with Gasteiger partial charge in [0.2, 0.25) is 0 Å². The van der Waals surface area contributed by atoms with Crippen LogP contribution < -0.4 is 5.32 Å². The van der Waals surface area contributed by atoms with E-state index in [0.717, 1.165) is 22.3 Å².